The van der Waals surface area contributed by atoms with Crippen LogP contribution >= 0.6 is 0 Å². The third kappa shape index (κ3) is 5.21. The normalized spacial score (nSPS) is 14.7. The summed E-state index contributed by atoms with van der Waals surface area (Å²) in [5, 5.41) is 15.9. The molecule has 3 aromatic rings. The molecule has 1 saturated carbocycles. The molecule has 1 atom stereocenters. The lowest BCUT2D eigenvalue weighted by Gasteiger charge is -2.18. The van der Waals surface area contributed by atoms with Crippen LogP contribution in [-0.2, 0) is 0 Å². The van der Waals surface area contributed by atoms with Crippen molar-refractivity contribution in [3.63, 3.8) is 0 Å². The van der Waals surface area contributed by atoms with Crippen molar-refractivity contribution in [1.82, 2.24) is 15.6 Å². The van der Waals surface area contributed by atoms with Crippen molar-refractivity contribution in [2.45, 2.75) is 37.8 Å². The number of nitrogens with zero attached hydrogens (tertiary/aromatic N) is 1. The predicted molar refractivity (Wildman–Crippen MR) is 123 cm³/mol. The summed E-state index contributed by atoms with van der Waals surface area (Å²) in [5.41, 5.74) is 3.58. The Labute approximate surface area is 187 Å². The third-order valence-corrected chi connectivity index (χ3v) is 5.87. The van der Waals surface area contributed by atoms with Crippen molar-refractivity contribution in [3.05, 3.63) is 89.7 Å². The van der Waals surface area contributed by atoms with Crippen molar-refractivity contribution in [3.8, 4) is 11.1 Å². The quantitative estimate of drug-likeness (QED) is 0.531. The van der Waals surface area contributed by atoms with Crippen LogP contribution in [0.15, 0.2) is 73.1 Å². The maximum atomic E-state index is 12.9. The topological polar surface area (TPSA) is 91.3 Å². The predicted octanol–water partition coefficient (Wildman–Crippen LogP) is 3.88. The molecule has 1 heterocycles. The number of benzene rings is 2. The Morgan fingerprint density at radius 1 is 0.906 bits per heavy atom. The van der Waals surface area contributed by atoms with E-state index in [9.17, 15) is 14.7 Å². The standard InChI is InChI=1S/C26H27N3O3/c30-17-24(20-6-4-8-22(16-20)25(31)28-23-9-1-2-10-23)29-26(32)21-7-3-5-19(15-21)18-11-13-27-14-12-18/h3-8,11-16,23-24,30H,1-2,9-10,17H2,(H,28,31)(H,29,32)/t24-/m1/s1. The lowest BCUT2D eigenvalue weighted by molar-refractivity contribution is 0.0915. The van der Waals surface area contributed by atoms with Crippen LogP contribution in [0.4, 0.5) is 0 Å². The number of carbonyl (C=O) groups excluding carboxylic acids is 2. The number of aliphatic hydroxyl groups excluding tert-OH is 1. The zero-order chi connectivity index (χ0) is 22.3. The zero-order valence-electron chi connectivity index (χ0n) is 17.8. The van der Waals surface area contributed by atoms with Crippen LogP contribution in [0.25, 0.3) is 11.1 Å². The summed E-state index contributed by atoms with van der Waals surface area (Å²) in [6.45, 7) is -0.274. The van der Waals surface area contributed by atoms with E-state index in [2.05, 4.69) is 15.6 Å². The highest BCUT2D eigenvalue weighted by atomic mass is 16.3. The number of rotatable bonds is 7. The molecule has 0 bridgehead atoms. The molecule has 2 amide bonds. The highest BCUT2D eigenvalue weighted by molar-refractivity contribution is 5.96. The molecule has 164 valence electrons. The first kappa shape index (κ1) is 21.7. The van der Waals surface area contributed by atoms with Gasteiger partial charge in [-0.1, -0.05) is 37.1 Å². The summed E-state index contributed by atoms with van der Waals surface area (Å²) in [6.07, 6.45) is 7.73. The molecule has 0 spiro atoms. The van der Waals surface area contributed by atoms with E-state index in [1.54, 1.807) is 42.7 Å². The Morgan fingerprint density at radius 3 is 2.31 bits per heavy atom. The van der Waals surface area contributed by atoms with Crippen LogP contribution in [0.1, 0.15) is 58.0 Å². The first-order valence-electron chi connectivity index (χ1n) is 11.0. The third-order valence-electron chi connectivity index (χ3n) is 5.87. The fourth-order valence-corrected chi connectivity index (χ4v) is 4.10. The Balaban J connectivity index is 1.47. The second-order valence-corrected chi connectivity index (χ2v) is 8.11. The minimum absolute atomic E-state index is 0.119. The van der Waals surface area contributed by atoms with Crippen molar-refractivity contribution in [2.24, 2.45) is 0 Å². The number of hydrogen-bond acceptors (Lipinski definition) is 4. The Kier molecular flexibility index (Phi) is 6.92. The minimum atomic E-state index is -0.619. The van der Waals surface area contributed by atoms with Gasteiger partial charge in [-0.25, -0.2) is 0 Å². The molecule has 32 heavy (non-hydrogen) atoms. The summed E-state index contributed by atoms with van der Waals surface area (Å²) in [6, 6.07) is 17.8. The molecule has 1 aromatic heterocycles. The number of pyridine rings is 1. The van der Waals surface area contributed by atoms with Gasteiger partial charge in [-0.3, -0.25) is 14.6 Å². The highest BCUT2D eigenvalue weighted by Crippen LogP contribution is 2.22. The second kappa shape index (κ2) is 10.2. The molecule has 0 unspecified atom stereocenters. The van der Waals surface area contributed by atoms with E-state index in [0.29, 0.717) is 16.7 Å². The van der Waals surface area contributed by atoms with Gasteiger partial charge < -0.3 is 15.7 Å². The molecule has 1 aliphatic carbocycles. The van der Waals surface area contributed by atoms with Gasteiger partial charge in [0.05, 0.1) is 12.6 Å². The molecule has 1 fully saturated rings. The first-order chi connectivity index (χ1) is 15.6. The molecule has 6 nitrogen and oxygen atoms in total. The smallest absolute Gasteiger partial charge is 0.251 e. The fraction of sp³-hybridized carbons (Fsp3) is 0.269. The van der Waals surface area contributed by atoms with Crippen LogP contribution in [0.2, 0.25) is 0 Å². The lowest BCUT2D eigenvalue weighted by atomic mass is 10.0. The second-order valence-electron chi connectivity index (χ2n) is 8.11. The van der Waals surface area contributed by atoms with Crippen LogP contribution in [0, 0.1) is 0 Å². The van der Waals surface area contributed by atoms with E-state index in [0.717, 1.165) is 36.8 Å². The van der Waals surface area contributed by atoms with Gasteiger partial charge in [0.25, 0.3) is 11.8 Å². The molecular formula is C26H27N3O3. The average molecular weight is 430 g/mol. The number of carbonyl (C=O) groups is 2. The van der Waals surface area contributed by atoms with Gasteiger partial charge in [-0.05, 0) is 65.9 Å². The van der Waals surface area contributed by atoms with E-state index in [4.69, 9.17) is 0 Å². The lowest BCUT2D eigenvalue weighted by Crippen LogP contribution is -2.33. The molecule has 0 radical (unpaired) electrons. The Morgan fingerprint density at radius 2 is 1.59 bits per heavy atom. The van der Waals surface area contributed by atoms with Gasteiger partial charge in [0.2, 0.25) is 0 Å². The van der Waals surface area contributed by atoms with E-state index in [1.807, 2.05) is 30.3 Å². The van der Waals surface area contributed by atoms with Crippen LogP contribution in [0.3, 0.4) is 0 Å². The van der Waals surface area contributed by atoms with Crippen molar-refractivity contribution >= 4 is 11.8 Å². The average Bonchev–Trinajstić information content (AvgIpc) is 3.36. The molecule has 4 rings (SSSR count). The van der Waals surface area contributed by atoms with Gasteiger partial charge in [-0.15, -0.1) is 0 Å². The maximum Gasteiger partial charge on any atom is 0.251 e. The summed E-state index contributed by atoms with van der Waals surface area (Å²) in [5.74, 6) is -0.410. The molecule has 2 aromatic carbocycles. The minimum Gasteiger partial charge on any atom is -0.394 e. The number of aliphatic hydroxyl groups is 1. The molecule has 1 aliphatic rings. The van der Waals surface area contributed by atoms with Crippen molar-refractivity contribution in [2.75, 3.05) is 6.61 Å². The summed E-state index contributed by atoms with van der Waals surface area (Å²) >= 11 is 0. The number of hydrogen-bond donors (Lipinski definition) is 3. The van der Waals surface area contributed by atoms with Gasteiger partial charge >= 0.3 is 0 Å². The van der Waals surface area contributed by atoms with E-state index in [-0.39, 0.29) is 24.5 Å². The maximum absolute atomic E-state index is 12.9. The van der Waals surface area contributed by atoms with Crippen molar-refractivity contribution in [1.29, 1.82) is 0 Å². The van der Waals surface area contributed by atoms with Crippen LogP contribution in [0.5, 0.6) is 0 Å². The molecule has 3 N–H and O–H groups in total. The van der Waals surface area contributed by atoms with E-state index < -0.39 is 6.04 Å². The Hall–Kier alpha value is -3.51. The monoisotopic (exact) mass is 429 g/mol. The molecule has 0 aliphatic heterocycles. The van der Waals surface area contributed by atoms with E-state index >= 15 is 0 Å². The van der Waals surface area contributed by atoms with Gasteiger partial charge in [0.15, 0.2) is 0 Å². The first-order valence-corrected chi connectivity index (χ1v) is 11.0. The summed E-state index contributed by atoms with van der Waals surface area (Å²) in [4.78, 5) is 29.5. The number of nitrogens with one attached hydrogen (secondary N) is 2. The van der Waals surface area contributed by atoms with Gasteiger partial charge in [0, 0.05) is 29.6 Å². The number of amides is 2. The summed E-state index contributed by atoms with van der Waals surface area (Å²) < 4.78 is 0. The van der Waals surface area contributed by atoms with Gasteiger partial charge in [-0.2, -0.15) is 0 Å². The number of aromatic nitrogens is 1. The summed E-state index contributed by atoms with van der Waals surface area (Å²) in [7, 11) is 0. The zero-order valence-corrected chi connectivity index (χ0v) is 17.8. The molecular weight excluding hydrogens is 402 g/mol. The largest absolute Gasteiger partial charge is 0.394 e. The molecule has 6 heteroatoms. The SMILES string of the molecule is O=C(NC1CCCC1)c1cccc([C@@H](CO)NC(=O)c2cccc(-c3ccncc3)c2)c1. The van der Waals surface area contributed by atoms with Crippen molar-refractivity contribution < 1.29 is 14.7 Å². The van der Waals surface area contributed by atoms with E-state index in [1.165, 1.54) is 0 Å². The molecule has 0 saturated heterocycles. The fourth-order valence-electron chi connectivity index (χ4n) is 4.10. The highest BCUT2D eigenvalue weighted by Gasteiger charge is 2.20. The van der Waals surface area contributed by atoms with Gasteiger partial charge in [0.1, 0.15) is 0 Å². The van der Waals surface area contributed by atoms with Crippen LogP contribution in [-0.4, -0.2) is 34.6 Å². The Bertz CT molecular complexity index is 1080. The van der Waals surface area contributed by atoms with Crippen LogP contribution < -0.4 is 10.6 Å².